The van der Waals surface area contributed by atoms with E-state index in [-0.39, 0.29) is 12.1 Å². The predicted molar refractivity (Wildman–Crippen MR) is 65.4 cm³/mol. The Hall–Kier alpha value is -1.07. The normalized spacial score (nSPS) is 19.9. The van der Waals surface area contributed by atoms with Crippen molar-refractivity contribution in [3.8, 4) is 0 Å². The number of aliphatic hydroxyl groups is 1. The van der Waals surface area contributed by atoms with Gasteiger partial charge in [-0.1, -0.05) is 22.0 Å². The zero-order valence-electron chi connectivity index (χ0n) is 8.69. The second-order valence-electron chi connectivity index (χ2n) is 3.83. The van der Waals surface area contributed by atoms with E-state index in [1.165, 1.54) is 0 Å². The lowest BCUT2D eigenvalue weighted by Crippen LogP contribution is -2.33. The lowest BCUT2D eigenvalue weighted by Gasteiger charge is -2.16. The molecular weight excluding hydrogens is 272 g/mol. The highest BCUT2D eigenvalue weighted by atomic mass is 79.9. The number of anilines is 1. The van der Waals surface area contributed by atoms with Crippen molar-refractivity contribution in [3.63, 3.8) is 0 Å². The van der Waals surface area contributed by atoms with Crippen LogP contribution in [0.4, 0.5) is 10.5 Å². The number of rotatable bonds is 1. The first-order chi connectivity index (χ1) is 7.65. The second kappa shape index (κ2) is 4.84. The minimum absolute atomic E-state index is 0.158. The molecule has 0 spiro atoms. The molecule has 1 atom stereocenters. The van der Waals surface area contributed by atoms with Gasteiger partial charge in [-0.25, -0.2) is 4.79 Å². The van der Waals surface area contributed by atoms with Crippen molar-refractivity contribution >= 4 is 27.6 Å². The van der Waals surface area contributed by atoms with Crippen molar-refractivity contribution in [2.75, 3.05) is 18.4 Å². The molecule has 86 valence electrons. The van der Waals surface area contributed by atoms with Crippen LogP contribution in [0.3, 0.4) is 0 Å². The lowest BCUT2D eigenvalue weighted by atomic mass is 10.3. The predicted octanol–water partition coefficient (Wildman–Crippen LogP) is 2.05. The van der Waals surface area contributed by atoms with Crippen LogP contribution in [0.1, 0.15) is 6.42 Å². The summed E-state index contributed by atoms with van der Waals surface area (Å²) < 4.78 is 0.923. The van der Waals surface area contributed by atoms with E-state index in [2.05, 4.69) is 21.2 Å². The number of hydrogen-bond donors (Lipinski definition) is 2. The molecule has 16 heavy (non-hydrogen) atoms. The van der Waals surface area contributed by atoms with Crippen molar-refractivity contribution in [2.45, 2.75) is 12.5 Å². The summed E-state index contributed by atoms with van der Waals surface area (Å²) in [5, 5.41) is 12.1. The van der Waals surface area contributed by atoms with Crippen LogP contribution in [0.2, 0.25) is 0 Å². The number of aliphatic hydroxyl groups excluding tert-OH is 1. The fourth-order valence-electron chi connectivity index (χ4n) is 1.70. The Morgan fingerprint density at radius 3 is 3.00 bits per heavy atom. The number of benzene rings is 1. The number of nitrogens with zero attached hydrogens (tertiary/aromatic N) is 1. The average molecular weight is 285 g/mol. The van der Waals surface area contributed by atoms with E-state index in [0.717, 1.165) is 10.2 Å². The largest absolute Gasteiger partial charge is 0.391 e. The van der Waals surface area contributed by atoms with Gasteiger partial charge in [-0.15, -0.1) is 0 Å². The van der Waals surface area contributed by atoms with Crippen LogP contribution >= 0.6 is 15.9 Å². The molecule has 1 aromatic carbocycles. The van der Waals surface area contributed by atoms with Crippen molar-refractivity contribution in [2.24, 2.45) is 0 Å². The third-order valence-electron chi connectivity index (χ3n) is 2.53. The van der Waals surface area contributed by atoms with Gasteiger partial charge in [-0.3, -0.25) is 0 Å². The number of urea groups is 1. The number of β-amino-alcohol motifs (C(OH)–C–C–N with tert-alkyl or cyclic N) is 1. The van der Waals surface area contributed by atoms with Gasteiger partial charge in [-0.05, 0) is 24.6 Å². The minimum atomic E-state index is -0.381. The molecule has 0 radical (unpaired) electrons. The van der Waals surface area contributed by atoms with E-state index >= 15 is 0 Å². The van der Waals surface area contributed by atoms with Crippen molar-refractivity contribution in [1.29, 1.82) is 0 Å². The first-order valence-corrected chi connectivity index (χ1v) is 5.94. The summed E-state index contributed by atoms with van der Waals surface area (Å²) >= 11 is 3.34. The number of halogens is 1. The standard InChI is InChI=1S/C11H13BrN2O2/c12-8-2-1-3-9(6-8)13-11(16)14-5-4-10(15)7-14/h1-3,6,10,15H,4-5,7H2,(H,13,16)/t10-/m1/s1. The van der Waals surface area contributed by atoms with Gasteiger partial charge >= 0.3 is 6.03 Å². The maximum atomic E-state index is 11.8. The maximum absolute atomic E-state index is 11.8. The monoisotopic (exact) mass is 284 g/mol. The van der Waals surface area contributed by atoms with Crippen molar-refractivity contribution < 1.29 is 9.90 Å². The highest BCUT2D eigenvalue weighted by Crippen LogP contribution is 2.17. The number of carbonyl (C=O) groups excluding carboxylic acids is 1. The van der Waals surface area contributed by atoms with Crippen LogP contribution in [-0.2, 0) is 0 Å². The molecule has 2 amide bonds. The Morgan fingerprint density at radius 2 is 2.38 bits per heavy atom. The molecule has 1 aliphatic heterocycles. The summed E-state index contributed by atoms with van der Waals surface area (Å²) in [4.78, 5) is 13.4. The summed E-state index contributed by atoms with van der Waals surface area (Å²) in [6, 6.07) is 7.27. The SMILES string of the molecule is O=C(Nc1cccc(Br)c1)N1CC[C@@H](O)C1. The number of amides is 2. The Morgan fingerprint density at radius 1 is 1.56 bits per heavy atom. The molecule has 0 unspecified atom stereocenters. The van der Waals surface area contributed by atoms with Gasteiger partial charge in [-0.2, -0.15) is 0 Å². The van der Waals surface area contributed by atoms with Crippen LogP contribution in [-0.4, -0.2) is 35.2 Å². The molecular formula is C11H13BrN2O2. The Balaban J connectivity index is 1.97. The van der Waals surface area contributed by atoms with Gasteiger partial charge in [0.25, 0.3) is 0 Å². The number of likely N-dealkylation sites (tertiary alicyclic amines) is 1. The number of nitrogens with one attached hydrogen (secondary N) is 1. The first kappa shape index (κ1) is 11.4. The van der Waals surface area contributed by atoms with Crippen LogP contribution in [0.15, 0.2) is 28.7 Å². The summed E-state index contributed by atoms with van der Waals surface area (Å²) in [6.45, 7) is 1.03. The molecule has 0 aliphatic carbocycles. The van der Waals surface area contributed by atoms with E-state index in [1.807, 2.05) is 24.3 Å². The molecule has 5 heteroatoms. The fourth-order valence-corrected chi connectivity index (χ4v) is 2.09. The quantitative estimate of drug-likeness (QED) is 0.829. The van der Waals surface area contributed by atoms with Gasteiger partial charge in [0.1, 0.15) is 0 Å². The second-order valence-corrected chi connectivity index (χ2v) is 4.74. The maximum Gasteiger partial charge on any atom is 0.321 e. The zero-order valence-corrected chi connectivity index (χ0v) is 10.3. The van der Waals surface area contributed by atoms with Crippen LogP contribution < -0.4 is 5.32 Å². The molecule has 0 saturated carbocycles. The van der Waals surface area contributed by atoms with E-state index in [0.29, 0.717) is 19.5 Å². The molecule has 0 aromatic heterocycles. The van der Waals surface area contributed by atoms with Crippen molar-refractivity contribution in [3.05, 3.63) is 28.7 Å². The van der Waals surface area contributed by atoms with Gasteiger partial charge in [0.05, 0.1) is 6.10 Å². The van der Waals surface area contributed by atoms with Crippen LogP contribution in [0.25, 0.3) is 0 Å². The molecule has 1 aliphatic rings. The van der Waals surface area contributed by atoms with Gasteiger partial charge in [0.2, 0.25) is 0 Å². The van der Waals surface area contributed by atoms with Crippen molar-refractivity contribution in [1.82, 2.24) is 4.90 Å². The summed E-state index contributed by atoms with van der Waals surface area (Å²) in [5.41, 5.74) is 0.751. The molecule has 1 fully saturated rings. The molecule has 4 nitrogen and oxygen atoms in total. The van der Waals surface area contributed by atoms with E-state index < -0.39 is 0 Å². The molecule has 2 N–H and O–H groups in total. The van der Waals surface area contributed by atoms with Gasteiger partial charge in [0, 0.05) is 23.2 Å². The summed E-state index contributed by atoms with van der Waals surface area (Å²) in [6.07, 6.45) is 0.277. The minimum Gasteiger partial charge on any atom is -0.391 e. The number of carbonyl (C=O) groups is 1. The van der Waals surface area contributed by atoms with Gasteiger partial charge < -0.3 is 15.3 Å². The summed E-state index contributed by atoms with van der Waals surface area (Å²) in [5.74, 6) is 0. The molecule has 0 bridgehead atoms. The molecule has 1 aromatic rings. The molecule has 2 rings (SSSR count). The van der Waals surface area contributed by atoms with E-state index in [9.17, 15) is 9.90 Å². The fraction of sp³-hybridized carbons (Fsp3) is 0.364. The van der Waals surface area contributed by atoms with E-state index in [1.54, 1.807) is 4.90 Å². The van der Waals surface area contributed by atoms with Crippen LogP contribution in [0, 0.1) is 0 Å². The molecule has 1 saturated heterocycles. The smallest absolute Gasteiger partial charge is 0.321 e. The Labute approximate surface area is 102 Å². The average Bonchev–Trinajstić information content (AvgIpc) is 2.65. The molecule has 1 heterocycles. The first-order valence-electron chi connectivity index (χ1n) is 5.15. The number of hydrogen-bond acceptors (Lipinski definition) is 2. The highest BCUT2D eigenvalue weighted by Gasteiger charge is 2.24. The summed E-state index contributed by atoms with van der Waals surface area (Å²) in [7, 11) is 0. The third kappa shape index (κ3) is 2.74. The topological polar surface area (TPSA) is 52.6 Å². The van der Waals surface area contributed by atoms with E-state index in [4.69, 9.17) is 0 Å². The Bertz CT molecular complexity index is 397. The Kier molecular flexibility index (Phi) is 3.46. The third-order valence-corrected chi connectivity index (χ3v) is 3.02. The van der Waals surface area contributed by atoms with Crippen LogP contribution in [0.5, 0.6) is 0 Å². The highest BCUT2D eigenvalue weighted by molar-refractivity contribution is 9.10. The lowest BCUT2D eigenvalue weighted by molar-refractivity contribution is 0.176. The zero-order chi connectivity index (χ0) is 11.5. The van der Waals surface area contributed by atoms with Gasteiger partial charge in [0.15, 0.2) is 0 Å².